The number of aryl methyl sites for hydroxylation is 1. The summed E-state index contributed by atoms with van der Waals surface area (Å²) in [5.74, 6) is 0.129. The van der Waals surface area contributed by atoms with Crippen LogP contribution in [0.3, 0.4) is 0 Å². The van der Waals surface area contributed by atoms with Crippen LogP contribution < -0.4 is 0 Å². The molecule has 1 aromatic rings. The van der Waals surface area contributed by atoms with E-state index in [2.05, 4.69) is 6.92 Å². The van der Waals surface area contributed by atoms with Crippen molar-refractivity contribution in [1.29, 1.82) is 0 Å². The van der Waals surface area contributed by atoms with Crippen LogP contribution in [0.1, 0.15) is 42.1 Å². The van der Waals surface area contributed by atoms with Gasteiger partial charge in [-0.2, -0.15) is 0 Å². The van der Waals surface area contributed by atoms with Crippen molar-refractivity contribution in [2.45, 2.75) is 39.2 Å². The van der Waals surface area contributed by atoms with Gasteiger partial charge in [0.15, 0.2) is 0 Å². The van der Waals surface area contributed by atoms with Gasteiger partial charge in [-0.05, 0) is 38.3 Å². The summed E-state index contributed by atoms with van der Waals surface area (Å²) in [7, 11) is 0. The number of hydrogen-bond acceptors (Lipinski definition) is 2. The first-order valence-electron chi connectivity index (χ1n) is 7.18. The summed E-state index contributed by atoms with van der Waals surface area (Å²) in [6.07, 6.45) is 3.34. The number of hydrogen-bond donors (Lipinski definition) is 0. The molecule has 2 rings (SSSR count). The van der Waals surface area contributed by atoms with Gasteiger partial charge in [-0.25, -0.2) is 0 Å². The van der Waals surface area contributed by atoms with Crippen LogP contribution in [0.25, 0.3) is 0 Å². The minimum Gasteiger partial charge on any atom is -0.376 e. The minimum atomic E-state index is 0.129. The van der Waals surface area contributed by atoms with Gasteiger partial charge in [0.2, 0.25) is 0 Å². The second kappa shape index (κ2) is 6.71. The highest BCUT2D eigenvalue weighted by atomic mass is 16.5. The molecule has 1 amide bonds. The van der Waals surface area contributed by atoms with Crippen molar-refractivity contribution >= 4 is 5.91 Å². The molecule has 1 heterocycles. The van der Waals surface area contributed by atoms with Crippen molar-refractivity contribution in [2.75, 3.05) is 19.7 Å². The number of likely N-dealkylation sites (tertiary alicyclic amines) is 1. The fourth-order valence-corrected chi connectivity index (χ4v) is 2.42. The average Bonchev–Trinajstić information content (AvgIpc) is 2.45. The van der Waals surface area contributed by atoms with Crippen molar-refractivity contribution in [3.05, 3.63) is 35.4 Å². The lowest BCUT2D eigenvalue weighted by Crippen LogP contribution is -2.43. The maximum Gasteiger partial charge on any atom is 0.253 e. The second-order valence-electron chi connectivity index (χ2n) is 5.25. The Hall–Kier alpha value is -1.35. The Morgan fingerprint density at radius 2 is 2.11 bits per heavy atom. The van der Waals surface area contributed by atoms with Gasteiger partial charge >= 0.3 is 0 Å². The molecule has 19 heavy (non-hydrogen) atoms. The quantitative estimate of drug-likeness (QED) is 0.833. The lowest BCUT2D eigenvalue weighted by atomic mass is 10.1. The van der Waals surface area contributed by atoms with Crippen LogP contribution in [-0.4, -0.2) is 36.6 Å². The highest BCUT2D eigenvalue weighted by molar-refractivity contribution is 5.94. The highest BCUT2D eigenvalue weighted by Crippen LogP contribution is 2.16. The molecule has 1 saturated heterocycles. The van der Waals surface area contributed by atoms with E-state index in [0.717, 1.165) is 44.5 Å². The van der Waals surface area contributed by atoms with Crippen LogP contribution in [0.15, 0.2) is 24.3 Å². The van der Waals surface area contributed by atoms with Crippen molar-refractivity contribution < 1.29 is 9.53 Å². The molecule has 0 bridgehead atoms. The van der Waals surface area contributed by atoms with E-state index in [-0.39, 0.29) is 12.0 Å². The standard InChI is InChI=1S/C16H23NO2/c1-3-11-19-15-5-4-10-17(12-15)16(18)14-8-6-13(2)7-9-14/h6-9,15H,3-5,10-12H2,1-2H3/t15-/m0/s1. The van der Waals surface area contributed by atoms with Gasteiger partial charge in [0.25, 0.3) is 5.91 Å². The Kier molecular flexibility index (Phi) is 4.97. The van der Waals surface area contributed by atoms with E-state index < -0.39 is 0 Å². The fraction of sp³-hybridized carbons (Fsp3) is 0.562. The van der Waals surface area contributed by atoms with Crippen molar-refractivity contribution in [1.82, 2.24) is 4.90 Å². The Bertz CT molecular complexity index is 413. The summed E-state index contributed by atoms with van der Waals surface area (Å²) >= 11 is 0. The molecule has 0 unspecified atom stereocenters. The van der Waals surface area contributed by atoms with E-state index in [1.54, 1.807) is 0 Å². The van der Waals surface area contributed by atoms with E-state index in [1.807, 2.05) is 36.1 Å². The van der Waals surface area contributed by atoms with Crippen LogP contribution in [0, 0.1) is 6.92 Å². The SMILES string of the molecule is CCCO[C@H]1CCCN(C(=O)c2ccc(C)cc2)C1. The van der Waals surface area contributed by atoms with E-state index in [0.29, 0.717) is 0 Å². The molecule has 0 aromatic heterocycles. The third-order valence-electron chi connectivity index (χ3n) is 3.52. The Morgan fingerprint density at radius 1 is 1.37 bits per heavy atom. The Balaban J connectivity index is 1.96. The summed E-state index contributed by atoms with van der Waals surface area (Å²) in [5.41, 5.74) is 1.96. The fourth-order valence-electron chi connectivity index (χ4n) is 2.42. The molecule has 0 aliphatic carbocycles. The third-order valence-corrected chi connectivity index (χ3v) is 3.52. The molecule has 3 heteroatoms. The number of nitrogens with zero attached hydrogens (tertiary/aromatic N) is 1. The minimum absolute atomic E-state index is 0.129. The van der Waals surface area contributed by atoms with Crippen LogP contribution >= 0.6 is 0 Å². The van der Waals surface area contributed by atoms with Crippen molar-refractivity contribution in [3.8, 4) is 0 Å². The zero-order chi connectivity index (χ0) is 13.7. The number of ether oxygens (including phenoxy) is 1. The molecule has 3 nitrogen and oxygen atoms in total. The predicted molar refractivity (Wildman–Crippen MR) is 76.3 cm³/mol. The van der Waals surface area contributed by atoms with Gasteiger partial charge in [0.05, 0.1) is 6.10 Å². The number of piperidine rings is 1. The molecule has 1 aliphatic rings. The first kappa shape index (κ1) is 14.1. The number of rotatable bonds is 4. The predicted octanol–water partition coefficient (Wildman–Crippen LogP) is 3.03. The summed E-state index contributed by atoms with van der Waals surface area (Å²) in [4.78, 5) is 14.3. The molecular weight excluding hydrogens is 238 g/mol. The molecule has 1 atom stereocenters. The first-order valence-corrected chi connectivity index (χ1v) is 7.18. The number of carbonyl (C=O) groups is 1. The molecule has 1 aliphatic heterocycles. The smallest absolute Gasteiger partial charge is 0.253 e. The highest BCUT2D eigenvalue weighted by Gasteiger charge is 2.24. The number of amides is 1. The molecule has 0 saturated carbocycles. The largest absolute Gasteiger partial charge is 0.376 e. The van der Waals surface area contributed by atoms with E-state index in [1.165, 1.54) is 5.56 Å². The van der Waals surface area contributed by atoms with Crippen LogP contribution in [0.4, 0.5) is 0 Å². The normalized spacial score (nSPS) is 19.5. The maximum atomic E-state index is 12.4. The van der Waals surface area contributed by atoms with Gasteiger partial charge in [-0.1, -0.05) is 24.6 Å². The maximum absolute atomic E-state index is 12.4. The van der Waals surface area contributed by atoms with Crippen LogP contribution in [0.5, 0.6) is 0 Å². The first-order chi connectivity index (χ1) is 9.20. The molecule has 0 spiro atoms. The van der Waals surface area contributed by atoms with Gasteiger partial charge in [0, 0.05) is 25.3 Å². The monoisotopic (exact) mass is 261 g/mol. The Labute approximate surface area is 115 Å². The summed E-state index contributed by atoms with van der Waals surface area (Å²) in [6, 6.07) is 7.80. The number of carbonyl (C=O) groups excluding carboxylic acids is 1. The van der Waals surface area contributed by atoms with Gasteiger partial charge < -0.3 is 9.64 Å². The summed E-state index contributed by atoms with van der Waals surface area (Å²) in [5, 5.41) is 0. The molecule has 1 aromatic carbocycles. The van der Waals surface area contributed by atoms with E-state index in [4.69, 9.17) is 4.74 Å². The number of benzene rings is 1. The third kappa shape index (κ3) is 3.80. The molecule has 104 valence electrons. The molecule has 0 N–H and O–H groups in total. The topological polar surface area (TPSA) is 29.5 Å². The van der Waals surface area contributed by atoms with Gasteiger partial charge in [0.1, 0.15) is 0 Å². The molecule has 1 fully saturated rings. The Morgan fingerprint density at radius 3 is 2.79 bits per heavy atom. The van der Waals surface area contributed by atoms with Gasteiger partial charge in [-0.15, -0.1) is 0 Å². The van der Waals surface area contributed by atoms with Gasteiger partial charge in [-0.3, -0.25) is 4.79 Å². The van der Waals surface area contributed by atoms with Crippen LogP contribution in [0.2, 0.25) is 0 Å². The van der Waals surface area contributed by atoms with E-state index >= 15 is 0 Å². The lowest BCUT2D eigenvalue weighted by molar-refractivity contribution is 0.00211. The van der Waals surface area contributed by atoms with Crippen molar-refractivity contribution in [2.24, 2.45) is 0 Å². The zero-order valence-corrected chi connectivity index (χ0v) is 11.9. The molecule has 0 radical (unpaired) electrons. The van der Waals surface area contributed by atoms with Crippen molar-refractivity contribution in [3.63, 3.8) is 0 Å². The van der Waals surface area contributed by atoms with Crippen LogP contribution in [-0.2, 0) is 4.74 Å². The zero-order valence-electron chi connectivity index (χ0n) is 11.9. The van der Waals surface area contributed by atoms with E-state index in [9.17, 15) is 4.79 Å². The molecular formula is C16H23NO2. The summed E-state index contributed by atoms with van der Waals surface area (Å²) < 4.78 is 5.77. The average molecular weight is 261 g/mol. The summed E-state index contributed by atoms with van der Waals surface area (Å²) in [6.45, 7) is 6.50. The lowest BCUT2D eigenvalue weighted by Gasteiger charge is -2.32. The second-order valence-corrected chi connectivity index (χ2v) is 5.25.